The van der Waals surface area contributed by atoms with Gasteiger partial charge in [-0.15, -0.1) is 0 Å². The van der Waals surface area contributed by atoms with E-state index < -0.39 is 7.14 Å². The first-order valence-electron chi connectivity index (χ1n) is 11.5. The zero-order valence-corrected chi connectivity index (χ0v) is 24.1. The number of hydrogen-bond donors (Lipinski definition) is 3. The van der Waals surface area contributed by atoms with Gasteiger partial charge in [0.2, 0.25) is 5.95 Å². The molecule has 2 aromatic carbocycles. The Morgan fingerprint density at radius 1 is 1.00 bits per heavy atom. The van der Waals surface area contributed by atoms with Crippen molar-refractivity contribution >= 4 is 91.4 Å². The maximum atomic E-state index is 13.2. The molecule has 1 aliphatic rings. The predicted octanol–water partition coefficient (Wildman–Crippen LogP) is 5.63. The number of hydrogen-bond acceptors (Lipinski definition) is 9. The predicted molar refractivity (Wildman–Crippen MR) is 156 cm³/mol. The molecule has 1 saturated heterocycles. The molecule has 37 heavy (non-hydrogen) atoms. The zero-order chi connectivity index (χ0) is 26.2. The lowest BCUT2D eigenvalue weighted by Crippen LogP contribution is -2.43. The molecule has 0 atom stereocenters. The van der Waals surface area contributed by atoms with Crippen LogP contribution in [-0.2, 0) is 4.57 Å². The summed E-state index contributed by atoms with van der Waals surface area (Å²) in [6, 6.07) is 7.31. The number of nitrogens with zero attached hydrogens (tertiary/aromatic N) is 5. The number of aromatic nitrogens is 4. The van der Waals surface area contributed by atoms with E-state index in [4.69, 9.17) is 23.2 Å². The third-order valence-corrected chi connectivity index (χ3v) is 8.62. The van der Waals surface area contributed by atoms with Gasteiger partial charge in [-0.2, -0.15) is 4.98 Å². The van der Waals surface area contributed by atoms with E-state index in [1.165, 1.54) is 0 Å². The summed E-state index contributed by atoms with van der Waals surface area (Å²) in [6.07, 6.45) is 4.83. The molecule has 5 rings (SSSR count). The molecule has 0 amide bonds. The fourth-order valence-corrected chi connectivity index (χ4v) is 6.38. The maximum absolute atomic E-state index is 13.2. The van der Waals surface area contributed by atoms with Crippen molar-refractivity contribution in [2.75, 3.05) is 55.0 Å². The topological polar surface area (TPSA) is 108 Å². The Morgan fingerprint density at radius 3 is 2.51 bits per heavy atom. The molecule has 0 radical (unpaired) electrons. The van der Waals surface area contributed by atoms with E-state index >= 15 is 0 Å². The van der Waals surface area contributed by atoms with Crippen molar-refractivity contribution < 1.29 is 4.57 Å². The SMILES string of the molecule is CP(C)(=O)c1c(Nc2nc(Nc3cc(Cl)c(N4CCNCC4)cc3Cl)ncc2Br)ccc2nccnc12. The van der Waals surface area contributed by atoms with Crippen LogP contribution in [0.15, 0.2) is 47.3 Å². The van der Waals surface area contributed by atoms with Gasteiger partial charge < -0.3 is 25.4 Å². The Balaban J connectivity index is 1.45. The smallest absolute Gasteiger partial charge is 0.229 e. The lowest BCUT2D eigenvalue weighted by Gasteiger charge is -2.30. The molecular formula is C24H24BrCl2N8OP. The highest BCUT2D eigenvalue weighted by Gasteiger charge is 2.22. The zero-order valence-electron chi connectivity index (χ0n) is 20.1. The molecule has 3 heterocycles. The second kappa shape index (κ2) is 10.7. The van der Waals surface area contributed by atoms with Gasteiger partial charge in [0, 0.05) is 44.8 Å². The van der Waals surface area contributed by atoms with Gasteiger partial charge in [-0.05, 0) is 53.5 Å². The average Bonchev–Trinajstić information content (AvgIpc) is 2.87. The highest BCUT2D eigenvalue weighted by atomic mass is 79.9. The van der Waals surface area contributed by atoms with Crippen LogP contribution in [0.5, 0.6) is 0 Å². The number of nitrogens with one attached hydrogen (secondary N) is 3. The number of halogens is 3. The van der Waals surface area contributed by atoms with Gasteiger partial charge in [0.1, 0.15) is 18.5 Å². The van der Waals surface area contributed by atoms with Crippen LogP contribution in [0.1, 0.15) is 0 Å². The second-order valence-electron chi connectivity index (χ2n) is 8.90. The van der Waals surface area contributed by atoms with Crippen molar-refractivity contribution in [2.24, 2.45) is 0 Å². The van der Waals surface area contributed by atoms with Crippen LogP contribution in [0.25, 0.3) is 11.0 Å². The lowest BCUT2D eigenvalue weighted by atomic mass is 10.2. The summed E-state index contributed by atoms with van der Waals surface area (Å²) >= 11 is 16.7. The van der Waals surface area contributed by atoms with Gasteiger partial charge in [-0.25, -0.2) is 4.98 Å². The fourth-order valence-electron chi connectivity index (χ4n) is 4.21. The Kier molecular flexibility index (Phi) is 7.56. The van der Waals surface area contributed by atoms with Crippen LogP contribution < -0.4 is 26.2 Å². The van der Waals surface area contributed by atoms with Gasteiger partial charge in [-0.1, -0.05) is 23.2 Å². The van der Waals surface area contributed by atoms with Crippen molar-refractivity contribution in [3.8, 4) is 0 Å². The van der Waals surface area contributed by atoms with Crippen molar-refractivity contribution in [1.82, 2.24) is 25.3 Å². The molecule has 3 N–H and O–H groups in total. The summed E-state index contributed by atoms with van der Waals surface area (Å²) in [4.78, 5) is 20.0. The Morgan fingerprint density at radius 2 is 1.76 bits per heavy atom. The molecule has 4 aromatic rings. The minimum atomic E-state index is -2.73. The van der Waals surface area contributed by atoms with Crippen LogP contribution >= 0.6 is 46.3 Å². The summed E-state index contributed by atoms with van der Waals surface area (Å²) in [5, 5.41) is 11.5. The van der Waals surface area contributed by atoms with Gasteiger partial charge in [0.05, 0.1) is 42.4 Å². The molecule has 2 aromatic heterocycles. The Bertz CT molecular complexity index is 1530. The van der Waals surface area contributed by atoms with Gasteiger partial charge in [-0.3, -0.25) is 9.97 Å². The van der Waals surface area contributed by atoms with E-state index in [1.807, 2.05) is 18.2 Å². The number of anilines is 5. The quantitative estimate of drug-likeness (QED) is 0.236. The third kappa shape index (κ3) is 5.68. The highest BCUT2D eigenvalue weighted by molar-refractivity contribution is 9.10. The first-order chi connectivity index (χ1) is 17.7. The largest absolute Gasteiger partial charge is 0.368 e. The lowest BCUT2D eigenvalue weighted by molar-refractivity contribution is 0.588. The summed E-state index contributed by atoms with van der Waals surface area (Å²) in [5.74, 6) is 0.798. The van der Waals surface area contributed by atoms with E-state index in [9.17, 15) is 4.57 Å². The van der Waals surface area contributed by atoms with Crippen LogP contribution in [-0.4, -0.2) is 59.4 Å². The Labute approximate surface area is 232 Å². The first kappa shape index (κ1) is 26.1. The maximum Gasteiger partial charge on any atom is 0.229 e. The highest BCUT2D eigenvalue weighted by Crippen LogP contribution is 2.41. The summed E-state index contributed by atoms with van der Waals surface area (Å²) in [5.41, 5.74) is 3.38. The molecular weight excluding hydrogens is 598 g/mol. The van der Waals surface area contributed by atoms with Crippen LogP contribution in [0.2, 0.25) is 10.0 Å². The summed E-state index contributed by atoms with van der Waals surface area (Å²) in [7, 11) is -2.73. The molecule has 192 valence electrons. The minimum absolute atomic E-state index is 0.317. The monoisotopic (exact) mass is 620 g/mol. The van der Waals surface area contributed by atoms with E-state index in [2.05, 4.69) is 56.7 Å². The fraction of sp³-hybridized carbons (Fsp3) is 0.250. The standard InChI is InChI=1S/C24H24BrCl2N8OP/c1-37(2,36)22-18(4-3-17-21(22)30-6-5-29-17)32-23-14(25)13-31-24(34-23)33-19-11-16(27)20(12-15(19)26)35-9-7-28-8-10-35/h3-6,11-13,28H,7-10H2,1-2H3,(H2,31,32,33,34). The molecule has 0 unspecified atom stereocenters. The molecule has 0 spiro atoms. The minimum Gasteiger partial charge on any atom is -0.368 e. The first-order valence-corrected chi connectivity index (χ1v) is 15.7. The van der Waals surface area contributed by atoms with Crippen LogP contribution in [0.3, 0.4) is 0 Å². The number of benzene rings is 2. The molecule has 0 saturated carbocycles. The molecule has 1 fully saturated rings. The second-order valence-corrected chi connectivity index (χ2v) is 13.7. The summed E-state index contributed by atoms with van der Waals surface area (Å²) in [6.45, 7) is 6.93. The van der Waals surface area contributed by atoms with Crippen molar-refractivity contribution in [2.45, 2.75) is 0 Å². The van der Waals surface area contributed by atoms with Crippen molar-refractivity contribution in [1.29, 1.82) is 0 Å². The van der Waals surface area contributed by atoms with Crippen molar-refractivity contribution in [3.63, 3.8) is 0 Å². The number of fused-ring (bicyclic) bond motifs is 1. The molecule has 1 aliphatic heterocycles. The average molecular weight is 622 g/mol. The van der Waals surface area contributed by atoms with E-state index in [1.54, 1.807) is 38.0 Å². The van der Waals surface area contributed by atoms with E-state index in [-0.39, 0.29) is 0 Å². The van der Waals surface area contributed by atoms with Gasteiger partial charge in [0.25, 0.3) is 0 Å². The van der Waals surface area contributed by atoms with Gasteiger partial charge >= 0.3 is 0 Å². The van der Waals surface area contributed by atoms with E-state index in [0.29, 0.717) is 54.0 Å². The van der Waals surface area contributed by atoms with Crippen LogP contribution in [0, 0.1) is 0 Å². The normalized spacial score (nSPS) is 14.1. The molecule has 0 bridgehead atoms. The van der Waals surface area contributed by atoms with Crippen molar-refractivity contribution in [3.05, 3.63) is 57.4 Å². The summed E-state index contributed by atoms with van der Waals surface area (Å²) < 4.78 is 13.9. The van der Waals surface area contributed by atoms with Gasteiger partial charge in [0.15, 0.2) is 0 Å². The molecule has 0 aliphatic carbocycles. The number of rotatable bonds is 6. The Hall–Kier alpha value is -2.49. The van der Waals surface area contributed by atoms with E-state index in [0.717, 1.165) is 31.9 Å². The molecule has 13 heteroatoms. The molecule has 9 nitrogen and oxygen atoms in total. The van der Waals surface area contributed by atoms with Crippen LogP contribution in [0.4, 0.5) is 28.8 Å². The number of piperazine rings is 1. The third-order valence-electron chi connectivity index (χ3n) is 5.89.